The van der Waals surface area contributed by atoms with Gasteiger partial charge in [0.2, 0.25) is 5.69 Å². The lowest BCUT2D eigenvalue weighted by Gasteiger charge is -2.20. The van der Waals surface area contributed by atoms with E-state index in [0.717, 1.165) is 18.4 Å². The Morgan fingerprint density at radius 2 is 1.79 bits per heavy atom. The van der Waals surface area contributed by atoms with Crippen LogP contribution in [0.4, 0.5) is 11.4 Å². The van der Waals surface area contributed by atoms with Gasteiger partial charge in [0, 0.05) is 23.7 Å². The summed E-state index contributed by atoms with van der Waals surface area (Å²) in [6.07, 6.45) is 3.57. The Balaban J connectivity index is 1.22. The summed E-state index contributed by atoms with van der Waals surface area (Å²) in [5.74, 6) is -0.310. The van der Waals surface area contributed by atoms with Crippen LogP contribution < -0.4 is 8.91 Å². The number of benzene rings is 3. The summed E-state index contributed by atoms with van der Waals surface area (Å²) in [4.78, 5) is 33.2. The molecule has 1 fully saturated rings. The van der Waals surface area contributed by atoms with Gasteiger partial charge in [0.15, 0.2) is 11.5 Å². The largest absolute Gasteiger partial charge is 0.478 e. The minimum absolute atomic E-state index is 0.124. The van der Waals surface area contributed by atoms with Gasteiger partial charge in [-0.2, -0.15) is 4.21 Å². The first-order chi connectivity index (χ1) is 22.6. The number of aromatic amines is 1. The molecule has 0 aliphatic heterocycles. The zero-order valence-electron chi connectivity index (χ0n) is 26.0. The molecule has 12 heteroatoms. The normalized spacial score (nSPS) is 18.0. The maximum Gasteiger partial charge on any atom is 0.335 e. The summed E-state index contributed by atoms with van der Waals surface area (Å²) >= 11 is -2.01. The Kier molecular flexibility index (Phi) is 8.82. The van der Waals surface area contributed by atoms with Crippen molar-refractivity contribution in [3.63, 3.8) is 0 Å². The Morgan fingerprint density at radius 3 is 2.51 bits per heavy atom. The third-order valence-corrected chi connectivity index (χ3v) is 9.36. The lowest BCUT2D eigenvalue weighted by Crippen LogP contribution is -2.25. The van der Waals surface area contributed by atoms with Crippen molar-refractivity contribution in [2.75, 3.05) is 4.72 Å². The molecule has 0 amide bonds. The molecule has 11 nitrogen and oxygen atoms in total. The molecule has 0 saturated heterocycles. The van der Waals surface area contributed by atoms with E-state index in [4.69, 9.17) is 15.5 Å². The van der Waals surface area contributed by atoms with Crippen LogP contribution >= 0.6 is 0 Å². The highest BCUT2D eigenvalue weighted by atomic mass is 32.2. The predicted molar refractivity (Wildman–Crippen MR) is 178 cm³/mol. The van der Waals surface area contributed by atoms with Crippen LogP contribution in [-0.2, 0) is 22.4 Å². The van der Waals surface area contributed by atoms with Crippen LogP contribution in [0.3, 0.4) is 0 Å². The smallest absolute Gasteiger partial charge is 0.335 e. The molecule has 1 aliphatic carbocycles. The van der Waals surface area contributed by atoms with Crippen LogP contribution in [0.5, 0.6) is 5.75 Å². The number of fused-ring (bicyclic) bond motifs is 1. The third kappa shape index (κ3) is 6.48. The maximum atomic E-state index is 13.3. The molecule has 3 atom stereocenters. The second-order valence-corrected chi connectivity index (χ2v) is 12.7. The Hall–Kier alpha value is -5.41. The van der Waals surface area contributed by atoms with E-state index in [1.807, 2.05) is 25.1 Å². The minimum atomic E-state index is -2.01. The SMILES string of the molecule is [C-]#[N+]c1cn2[nH]c(-c3ccc(C)c(NS(=O)Oc4ccccc4Cc4ccccc4C(=O)O)c3)nc2c1C(=O)OC1C(C)CCC1C. The average Bonchev–Trinajstić information content (AvgIpc) is 3.71. The highest BCUT2D eigenvalue weighted by Gasteiger charge is 2.35. The standard InChI is InChI=1S/C35H33N5O6S/c1-20-15-16-25(32-37-33-30(28(36-4)19-40(33)38-32)35(43)45-31-21(2)13-14-22(31)3)18-27(20)39-47(44)46-29-12-8-6-10-24(29)17-23-9-5-7-11-26(23)34(41)42/h5-12,15-16,18-19,21-22,31,39H,13-14,17H2,1-3H3,(H,37,38)(H,41,42). The summed E-state index contributed by atoms with van der Waals surface area (Å²) in [6, 6.07) is 19.2. The van der Waals surface area contributed by atoms with E-state index >= 15 is 0 Å². The highest BCUT2D eigenvalue weighted by molar-refractivity contribution is 7.82. The van der Waals surface area contributed by atoms with E-state index in [-0.39, 0.29) is 46.8 Å². The molecule has 5 aromatic rings. The average molecular weight is 652 g/mol. The van der Waals surface area contributed by atoms with E-state index in [0.29, 0.717) is 34.0 Å². The van der Waals surface area contributed by atoms with Crippen molar-refractivity contribution in [1.82, 2.24) is 14.6 Å². The fraction of sp³-hybridized carbons (Fsp3) is 0.257. The molecule has 1 aliphatic rings. The Labute approximate surface area is 274 Å². The number of nitrogens with one attached hydrogen (secondary N) is 2. The summed E-state index contributed by atoms with van der Waals surface area (Å²) in [5.41, 5.74) is 4.02. The summed E-state index contributed by atoms with van der Waals surface area (Å²) in [6.45, 7) is 13.6. The number of ether oxygens (including phenoxy) is 1. The first-order valence-electron chi connectivity index (χ1n) is 15.2. The zero-order chi connectivity index (χ0) is 33.2. The quantitative estimate of drug-likeness (QED) is 0.108. The van der Waals surface area contributed by atoms with Gasteiger partial charge in [0.1, 0.15) is 17.4 Å². The van der Waals surface area contributed by atoms with Crippen molar-refractivity contribution >= 4 is 40.2 Å². The van der Waals surface area contributed by atoms with Crippen LogP contribution in [0.25, 0.3) is 21.9 Å². The number of anilines is 1. The van der Waals surface area contributed by atoms with Crippen LogP contribution in [0, 0.1) is 25.3 Å². The number of H-pyrrole nitrogens is 1. The second-order valence-electron chi connectivity index (χ2n) is 11.9. The minimum Gasteiger partial charge on any atom is -0.478 e. The molecular weight excluding hydrogens is 618 g/mol. The number of rotatable bonds is 10. The molecule has 3 N–H and O–H groups in total. The molecule has 1 saturated carbocycles. The molecule has 6 rings (SSSR count). The molecular formula is C35H33N5O6S. The van der Waals surface area contributed by atoms with Gasteiger partial charge in [-0.1, -0.05) is 62.4 Å². The molecule has 47 heavy (non-hydrogen) atoms. The van der Waals surface area contributed by atoms with E-state index in [9.17, 15) is 18.9 Å². The second kappa shape index (κ2) is 13.1. The van der Waals surface area contributed by atoms with Crippen molar-refractivity contribution in [3.05, 3.63) is 112 Å². The number of aromatic nitrogens is 3. The molecule has 0 bridgehead atoms. The molecule has 3 aromatic carbocycles. The number of aromatic carboxylic acids is 1. The first-order valence-corrected chi connectivity index (χ1v) is 16.3. The molecule has 3 unspecified atom stereocenters. The van der Waals surface area contributed by atoms with Gasteiger partial charge < -0.3 is 14.0 Å². The van der Waals surface area contributed by atoms with Gasteiger partial charge in [-0.05, 0) is 60.9 Å². The first kappa shape index (κ1) is 31.6. The van der Waals surface area contributed by atoms with E-state index in [1.165, 1.54) is 10.7 Å². The summed E-state index contributed by atoms with van der Waals surface area (Å²) in [7, 11) is 0. The van der Waals surface area contributed by atoms with Crippen molar-refractivity contribution in [3.8, 4) is 17.1 Å². The summed E-state index contributed by atoms with van der Waals surface area (Å²) < 4.78 is 29.4. The molecule has 2 aromatic heterocycles. The van der Waals surface area contributed by atoms with E-state index in [2.05, 4.69) is 33.5 Å². The number of aryl methyl sites for hydroxylation is 1. The lowest BCUT2D eigenvalue weighted by atomic mass is 9.99. The number of carboxylic acids is 1. The number of nitrogens with zero attached hydrogens (tertiary/aromatic N) is 3. The third-order valence-electron chi connectivity index (χ3n) is 8.64. The van der Waals surface area contributed by atoms with Gasteiger partial charge in [0.05, 0.1) is 17.8 Å². The number of esters is 1. The van der Waals surface area contributed by atoms with Crippen molar-refractivity contribution in [2.45, 2.75) is 46.1 Å². The van der Waals surface area contributed by atoms with Gasteiger partial charge in [0.25, 0.3) is 0 Å². The van der Waals surface area contributed by atoms with Crippen molar-refractivity contribution in [1.29, 1.82) is 0 Å². The fourth-order valence-electron chi connectivity index (χ4n) is 6.05. The van der Waals surface area contributed by atoms with Gasteiger partial charge >= 0.3 is 23.2 Å². The number of carbonyl (C=O) groups excluding carboxylic acids is 1. The molecule has 0 radical (unpaired) electrons. The van der Waals surface area contributed by atoms with Crippen LogP contribution in [0.15, 0.2) is 72.9 Å². The van der Waals surface area contributed by atoms with Crippen LogP contribution in [-0.4, -0.2) is 42.0 Å². The topological polar surface area (TPSA) is 139 Å². The summed E-state index contributed by atoms with van der Waals surface area (Å²) in [5, 5.41) is 12.7. The van der Waals surface area contributed by atoms with Crippen LogP contribution in [0.2, 0.25) is 0 Å². The maximum absolute atomic E-state index is 13.3. The van der Waals surface area contributed by atoms with Crippen molar-refractivity contribution < 1.29 is 27.8 Å². The molecule has 0 spiro atoms. The Morgan fingerprint density at radius 1 is 1.09 bits per heavy atom. The molecule has 240 valence electrons. The lowest BCUT2D eigenvalue weighted by molar-refractivity contribution is 0.0122. The number of hydrogen-bond donors (Lipinski definition) is 3. The van der Waals surface area contributed by atoms with E-state index < -0.39 is 23.2 Å². The van der Waals surface area contributed by atoms with Gasteiger partial charge in [-0.25, -0.2) is 19.4 Å². The van der Waals surface area contributed by atoms with Gasteiger partial charge in [-0.3, -0.25) is 14.3 Å². The Bertz CT molecular complexity index is 2050. The van der Waals surface area contributed by atoms with E-state index in [1.54, 1.807) is 48.5 Å². The number of hydrogen-bond acceptors (Lipinski definition) is 6. The monoisotopic (exact) mass is 651 g/mol. The number of carbonyl (C=O) groups is 2. The number of carboxylic acid groups (broad SMARTS) is 1. The number of para-hydroxylation sites is 1. The van der Waals surface area contributed by atoms with Crippen LogP contribution in [0.1, 0.15) is 64.1 Å². The molecule has 2 heterocycles. The fourth-order valence-corrected chi connectivity index (χ4v) is 6.82. The zero-order valence-corrected chi connectivity index (χ0v) is 26.8. The predicted octanol–water partition coefficient (Wildman–Crippen LogP) is 7.14. The van der Waals surface area contributed by atoms with Gasteiger partial charge in [-0.15, -0.1) is 0 Å². The highest BCUT2D eigenvalue weighted by Crippen LogP contribution is 2.36. The van der Waals surface area contributed by atoms with Crippen molar-refractivity contribution in [2.24, 2.45) is 11.8 Å².